The summed E-state index contributed by atoms with van der Waals surface area (Å²) in [5.74, 6) is 3.39. The van der Waals surface area contributed by atoms with E-state index in [1.54, 1.807) is 0 Å². The van der Waals surface area contributed by atoms with E-state index in [9.17, 15) is 4.79 Å². The first-order valence-electron chi connectivity index (χ1n) is 10.4. The fraction of sp³-hybridized carbons (Fsp3) is 0.522. The van der Waals surface area contributed by atoms with Crippen LogP contribution in [-0.2, 0) is 29.0 Å². The number of hydrogen-bond acceptors (Lipinski definition) is 4. The van der Waals surface area contributed by atoms with E-state index in [-0.39, 0.29) is 5.91 Å². The number of rotatable bonds is 8. The fourth-order valence-corrected chi connectivity index (χ4v) is 3.85. The highest BCUT2D eigenvalue weighted by Crippen LogP contribution is 2.47. The zero-order chi connectivity index (χ0) is 19.3. The molecule has 1 amide bonds. The molecular weight excluding hydrogens is 352 g/mol. The van der Waals surface area contributed by atoms with Crippen LogP contribution in [0.4, 0.5) is 0 Å². The lowest BCUT2D eigenvalue weighted by atomic mass is 10.1. The summed E-state index contributed by atoms with van der Waals surface area (Å²) in [6.07, 6.45) is 2.33. The lowest BCUT2D eigenvalue weighted by Crippen LogP contribution is -2.36. The third-order valence-electron chi connectivity index (χ3n) is 5.85. The van der Waals surface area contributed by atoms with Crippen LogP contribution < -0.4 is 5.32 Å². The average Bonchev–Trinajstić information content (AvgIpc) is 3.26. The molecule has 0 radical (unpaired) electrons. The maximum Gasteiger partial charge on any atom is 0.220 e. The number of aryl methyl sites for hydroxylation is 1. The van der Waals surface area contributed by atoms with Gasteiger partial charge in [0.2, 0.25) is 5.91 Å². The second-order valence-corrected chi connectivity index (χ2v) is 8.06. The van der Waals surface area contributed by atoms with Gasteiger partial charge >= 0.3 is 0 Å². The van der Waals surface area contributed by atoms with Gasteiger partial charge < -0.3 is 14.5 Å². The number of benzene rings is 1. The maximum absolute atomic E-state index is 12.3. The number of carbonyl (C=O) groups excluding carboxylic acids is 1. The fourth-order valence-electron chi connectivity index (χ4n) is 3.85. The van der Waals surface area contributed by atoms with Crippen molar-refractivity contribution in [1.29, 1.82) is 0 Å². The van der Waals surface area contributed by atoms with Gasteiger partial charge in [0.15, 0.2) is 0 Å². The Bertz CT molecular complexity index is 795. The largest absolute Gasteiger partial charge is 0.466 e. The molecule has 2 atom stereocenters. The average molecular weight is 383 g/mol. The van der Waals surface area contributed by atoms with Gasteiger partial charge in [0, 0.05) is 44.9 Å². The highest BCUT2D eigenvalue weighted by Gasteiger charge is 2.36. The van der Waals surface area contributed by atoms with Crippen LogP contribution >= 0.6 is 0 Å². The Morgan fingerprint density at radius 3 is 2.64 bits per heavy atom. The van der Waals surface area contributed by atoms with Gasteiger partial charge in [0.1, 0.15) is 11.5 Å². The van der Waals surface area contributed by atoms with Crippen LogP contribution in [0.3, 0.4) is 0 Å². The summed E-state index contributed by atoms with van der Waals surface area (Å²) in [5.41, 5.74) is 2.46. The molecule has 0 bridgehead atoms. The molecule has 5 heteroatoms. The Labute approximate surface area is 167 Å². The van der Waals surface area contributed by atoms with Crippen molar-refractivity contribution in [3.8, 4) is 0 Å². The van der Waals surface area contributed by atoms with Gasteiger partial charge in [-0.2, -0.15) is 0 Å². The van der Waals surface area contributed by atoms with E-state index in [4.69, 9.17) is 9.15 Å². The lowest BCUT2D eigenvalue weighted by Gasteiger charge is -2.27. The number of nitrogens with one attached hydrogen (secondary N) is 1. The summed E-state index contributed by atoms with van der Waals surface area (Å²) < 4.78 is 11.3. The number of nitrogens with zero attached hydrogens (tertiary/aromatic N) is 1. The second kappa shape index (κ2) is 8.93. The molecule has 2 aromatic rings. The third-order valence-corrected chi connectivity index (χ3v) is 5.85. The quantitative estimate of drug-likeness (QED) is 0.759. The summed E-state index contributed by atoms with van der Waals surface area (Å²) in [4.78, 5) is 14.7. The number of carbonyl (C=O) groups is 1. The molecule has 0 unspecified atom stereocenters. The van der Waals surface area contributed by atoms with Crippen LogP contribution in [-0.4, -0.2) is 37.1 Å². The second-order valence-electron chi connectivity index (χ2n) is 8.06. The summed E-state index contributed by atoms with van der Waals surface area (Å²) >= 11 is 0. The van der Waals surface area contributed by atoms with E-state index >= 15 is 0 Å². The number of ether oxygens (including phenoxy) is 1. The van der Waals surface area contributed by atoms with Crippen molar-refractivity contribution in [2.24, 2.45) is 5.92 Å². The molecule has 1 aliphatic heterocycles. The Balaban J connectivity index is 1.24. The van der Waals surface area contributed by atoms with E-state index in [1.807, 2.05) is 12.1 Å². The molecule has 2 heterocycles. The van der Waals surface area contributed by atoms with Crippen molar-refractivity contribution in [3.05, 3.63) is 59.0 Å². The Kier molecular flexibility index (Phi) is 6.13. The normalized spacial score (nSPS) is 22.2. The van der Waals surface area contributed by atoms with Crippen LogP contribution in [0.2, 0.25) is 0 Å². The molecule has 1 N–H and O–H groups in total. The molecule has 1 aliphatic carbocycles. The summed E-state index contributed by atoms with van der Waals surface area (Å²) in [6.45, 7) is 7.25. The minimum atomic E-state index is 0.0684. The first-order valence-corrected chi connectivity index (χ1v) is 10.4. The molecule has 1 saturated heterocycles. The predicted octanol–water partition coefficient (Wildman–Crippen LogP) is 3.48. The van der Waals surface area contributed by atoms with E-state index < -0.39 is 0 Å². The van der Waals surface area contributed by atoms with Crippen LogP contribution in [0.1, 0.15) is 48.3 Å². The molecule has 1 aromatic heterocycles. The Morgan fingerprint density at radius 1 is 1.14 bits per heavy atom. The van der Waals surface area contributed by atoms with Gasteiger partial charge in [-0.05, 0) is 35.6 Å². The van der Waals surface area contributed by atoms with Crippen molar-refractivity contribution in [2.45, 2.75) is 45.2 Å². The van der Waals surface area contributed by atoms with Crippen LogP contribution in [0.25, 0.3) is 0 Å². The predicted molar refractivity (Wildman–Crippen MR) is 108 cm³/mol. The molecule has 4 rings (SSSR count). The number of amides is 1. The highest BCUT2D eigenvalue weighted by atomic mass is 16.5. The van der Waals surface area contributed by atoms with Crippen LogP contribution in [0.15, 0.2) is 40.8 Å². The van der Waals surface area contributed by atoms with Crippen molar-refractivity contribution in [3.63, 3.8) is 0 Å². The SMILES string of the molecule is C[C@@H]1C[C@H]1c1ccc(CCC(=O)NCc2ccccc2CN2CCOCC2)o1. The van der Waals surface area contributed by atoms with E-state index in [1.165, 1.54) is 17.5 Å². The van der Waals surface area contributed by atoms with Gasteiger partial charge in [0.25, 0.3) is 0 Å². The molecule has 28 heavy (non-hydrogen) atoms. The van der Waals surface area contributed by atoms with Crippen molar-refractivity contribution >= 4 is 5.91 Å². The first-order chi connectivity index (χ1) is 13.7. The monoisotopic (exact) mass is 382 g/mol. The minimum absolute atomic E-state index is 0.0684. The van der Waals surface area contributed by atoms with Crippen molar-refractivity contribution < 1.29 is 13.9 Å². The standard InChI is InChI=1S/C23H30N2O3/c1-17-14-21(17)22-8-6-20(28-22)7-9-23(26)24-15-18-4-2-3-5-19(18)16-25-10-12-27-13-11-25/h2-6,8,17,21H,7,9-16H2,1H3,(H,24,26)/t17-,21-/m1/s1. The highest BCUT2D eigenvalue weighted by molar-refractivity contribution is 5.76. The topological polar surface area (TPSA) is 54.7 Å². The van der Waals surface area contributed by atoms with Gasteiger partial charge in [-0.1, -0.05) is 31.2 Å². The summed E-state index contributed by atoms with van der Waals surface area (Å²) in [5, 5.41) is 3.07. The molecule has 2 fully saturated rings. The summed E-state index contributed by atoms with van der Waals surface area (Å²) in [7, 11) is 0. The number of furan rings is 1. The minimum Gasteiger partial charge on any atom is -0.466 e. The summed E-state index contributed by atoms with van der Waals surface area (Å²) in [6, 6.07) is 12.4. The molecule has 2 aliphatic rings. The van der Waals surface area contributed by atoms with E-state index in [0.717, 1.165) is 50.3 Å². The molecule has 1 aromatic carbocycles. The molecule has 0 spiro atoms. The van der Waals surface area contributed by atoms with Gasteiger partial charge in [-0.3, -0.25) is 9.69 Å². The molecular formula is C23H30N2O3. The molecule has 150 valence electrons. The van der Waals surface area contributed by atoms with Crippen LogP contribution in [0.5, 0.6) is 0 Å². The Hall–Kier alpha value is -2.11. The van der Waals surface area contributed by atoms with Gasteiger partial charge in [-0.25, -0.2) is 0 Å². The number of hydrogen-bond donors (Lipinski definition) is 1. The lowest BCUT2D eigenvalue weighted by molar-refractivity contribution is -0.121. The number of morpholine rings is 1. The maximum atomic E-state index is 12.3. The van der Waals surface area contributed by atoms with E-state index in [2.05, 4.69) is 41.4 Å². The zero-order valence-electron chi connectivity index (χ0n) is 16.7. The Morgan fingerprint density at radius 2 is 1.89 bits per heavy atom. The van der Waals surface area contributed by atoms with Gasteiger partial charge in [-0.15, -0.1) is 0 Å². The zero-order valence-corrected chi connectivity index (χ0v) is 16.7. The molecule has 5 nitrogen and oxygen atoms in total. The van der Waals surface area contributed by atoms with Gasteiger partial charge in [0.05, 0.1) is 13.2 Å². The molecule has 1 saturated carbocycles. The van der Waals surface area contributed by atoms with E-state index in [0.29, 0.717) is 25.3 Å². The van der Waals surface area contributed by atoms with Crippen molar-refractivity contribution in [1.82, 2.24) is 10.2 Å². The smallest absolute Gasteiger partial charge is 0.220 e. The third kappa shape index (κ3) is 5.03. The van der Waals surface area contributed by atoms with Crippen LogP contribution in [0, 0.1) is 5.92 Å². The first kappa shape index (κ1) is 19.2. The van der Waals surface area contributed by atoms with Crippen molar-refractivity contribution in [2.75, 3.05) is 26.3 Å².